The molecule has 0 saturated carbocycles. The van der Waals surface area contributed by atoms with Gasteiger partial charge in [0.15, 0.2) is 0 Å². The molecular weight excluding hydrogens is 231 g/mol. The van der Waals surface area contributed by atoms with Crippen LogP contribution in [0.3, 0.4) is 0 Å². The fourth-order valence-corrected chi connectivity index (χ4v) is 1.05. The van der Waals surface area contributed by atoms with Crippen LogP contribution >= 0.6 is 0 Å². The summed E-state index contributed by atoms with van der Waals surface area (Å²) < 4.78 is 37.6. The Bertz CT molecular complexity index is 461. The summed E-state index contributed by atoms with van der Waals surface area (Å²) in [4.78, 5) is 19.5. The zero-order valence-electron chi connectivity index (χ0n) is 7.49. The highest BCUT2D eigenvalue weighted by atomic mass is 19.3. The molecule has 5 nitrogen and oxygen atoms in total. The third-order valence-electron chi connectivity index (χ3n) is 1.76. The zero-order chi connectivity index (χ0) is 12.5. The number of nitrogens with zero attached hydrogens (tertiary/aromatic N) is 1. The number of nitro groups is 1. The summed E-state index contributed by atoms with van der Waals surface area (Å²) in [5, 5.41) is 18.8. The van der Waals surface area contributed by atoms with E-state index in [0.717, 1.165) is 0 Å². The van der Waals surface area contributed by atoms with Gasteiger partial charge in [-0.2, -0.15) is 4.39 Å². The number of rotatable bonds is 3. The van der Waals surface area contributed by atoms with Gasteiger partial charge in [-0.15, -0.1) is 0 Å². The van der Waals surface area contributed by atoms with Crippen LogP contribution in [0.5, 0.6) is 0 Å². The van der Waals surface area contributed by atoms with Crippen LogP contribution in [0.4, 0.5) is 18.9 Å². The first-order chi connectivity index (χ1) is 7.34. The van der Waals surface area contributed by atoms with Crippen LogP contribution in [0, 0.1) is 15.9 Å². The molecular formula is C8H4F3NO4. The number of hydrogen-bond acceptors (Lipinski definition) is 3. The zero-order valence-corrected chi connectivity index (χ0v) is 7.49. The van der Waals surface area contributed by atoms with E-state index >= 15 is 0 Å². The van der Waals surface area contributed by atoms with Crippen molar-refractivity contribution in [2.75, 3.05) is 0 Å². The van der Waals surface area contributed by atoms with Gasteiger partial charge in [-0.1, -0.05) is 0 Å². The Kier molecular flexibility index (Phi) is 3.11. The van der Waals surface area contributed by atoms with Crippen molar-refractivity contribution in [3.05, 3.63) is 39.2 Å². The topological polar surface area (TPSA) is 80.4 Å². The molecule has 0 unspecified atom stereocenters. The Labute approximate surface area is 86.3 Å². The summed E-state index contributed by atoms with van der Waals surface area (Å²) in [6.45, 7) is 0. The molecule has 8 heteroatoms. The van der Waals surface area contributed by atoms with Gasteiger partial charge in [0.05, 0.1) is 16.1 Å². The number of carboxylic acids is 1. The van der Waals surface area contributed by atoms with Crippen LogP contribution < -0.4 is 0 Å². The largest absolute Gasteiger partial charge is 0.478 e. The van der Waals surface area contributed by atoms with Crippen molar-refractivity contribution >= 4 is 11.7 Å². The third kappa shape index (κ3) is 2.10. The molecule has 0 bridgehead atoms. The lowest BCUT2D eigenvalue weighted by atomic mass is 10.1. The van der Waals surface area contributed by atoms with Gasteiger partial charge in [-0.25, -0.2) is 13.6 Å². The standard InChI is InChI=1S/C8H4F3NO4/c9-6-4(7(10)11)1-3(8(13)14)2-5(6)12(15)16/h1-2,7H,(H,13,14). The lowest BCUT2D eigenvalue weighted by Gasteiger charge is -2.04. The highest BCUT2D eigenvalue weighted by Crippen LogP contribution is 2.29. The predicted octanol–water partition coefficient (Wildman–Crippen LogP) is 2.37. The van der Waals surface area contributed by atoms with Crippen molar-refractivity contribution in [1.29, 1.82) is 0 Å². The van der Waals surface area contributed by atoms with Gasteiger partial charge in [0, 0.05) is 6.07 Å². The monoisotopic (exact) mass is 235 g/mol. The van der Waals surface area contributed by atoms with Gasteiger partial charge in [0.1, 0.15) is 0 Å². The van der Waals surface area contributed by atoms with Gasteiger partial charge in [-0.05, 0) is 6.07 Å². The Balaban J connectivity index is 3.51. The van der Waals surface area contributed by atoms with Crippen LogP contribution in [0.25, 0.3) is 0 Å². The molecule has 0 amide bonds. The maximum absolute atomic E-state index is 13.1. The minimum absolute atomic E-state index is 0.370. The van der Waals surface area contributed by atoms with Gasteiger partial charge >= 0.3 is 11.7 Å². The van der Waals surface area contributed by atoms with E-state index < -0.39 is 39.9 Å². The van der Waals surface area contributed by atoms with Gasteiger partial charge < -0.3 is 5.11 Å². The van der Waals surface area contributed by atoms with Crippen molar-refractivity contribution in [3.8, 4) is 0 Å². The van der Waals surface area contributed by atoms with E-state index in [2.05, 4.69) is 0 Å². The summed E-state index contributed by atoms with van der Waals surface area (Å²) in [6.07, 6.45) is -3.32. The number of carbonyl (C=O) groups is 1. The van der Waals surface area contributed by atoms with Gasteiger partial charge in [0.25, 0.3) is 6.43 Å². The molecule has 1 aromatic carbocycles. The van der Waals surface area contributed by atoms with Crippen LogP contribution in [0.2, 0.25) is 0 Å². The first-order valence-corrected chi connectivity index (χ1v) is 3.84. The number of benzene rings is 1. The summed E-state index contributed by atoms with van der Waals surface area (Å²) in [6, 6.07) is 0.763. The maximum atomic E-state index is 13.1. The Morgan fingerprint density at radius 2 is 2.00 bits per heavy atom. The van der Waals surface area contributed by atoms with Crippen molar-refractivity contribution in [3.63, 3.8) is 0 Å². The summed E-state index contributed by atoms with van der Waals surface area (Å²) in [5.74, 6) is -3.37. The molecule has 16 heavy (non-hydrogen) atoms. The number of hydrogen-bond donors (Lipinski definition) is 1. The van der Waals surface area contributed by atoms with Crippen molar-refractivity contribution < 1.29 is 28.0 Å². The predicted molar refractivity (Wildman–Crippen MR) is 45.0 cm³/mol. The minimum Gasteiger partial charge on any atom is -0.478 e. The quantitative estimate of drug-likeness (QED) is 0.644. The molecule has 0 spiro atoms. The number of aromatic carboxylic acids is 1. The Morgan fingerprint density at radius 3 is 2.38 bits per heavy atom. The third-order valence-corrected chi connectivity index (χ3v) is 1.76. The fourth-order valence-electron chi connectivity index (χ4n) is 1.05. The molecule has 1 rings (SSSR count). The summed E-state index contributed by atoms with van der Waals surface area (Å²) in [7, 11) is 0. The van der Waals surface area contributed by atoms with Crippen LogP contribution in [0.1, 0.15) is 22.3 Å². The smallest absolute Gasteiger partial charge is 0.335 e. The van der Waals surface area contributed by atoms with E-state index in [1.165, 1.54) is 0 Å². The Hall–Kier alpha value is -2.12. The lowest BCUT2D eigenvalue weighted by molar-refractivity contribution is -0.387. The summed E-state index contributed by atoms with van der Waals surface area (Å²) in [5.41, 5.74) is -3.34. The molecule has 0 saturated heterocycles. The first-order valence-electron chi connectivity index (χ1n) is 3.84. The maximum Gasteiger partial charge on any atom is 0.335 e. The second-order valence-electron chi connectivity index (χ2n) is 2.76. The average molecular weight is 235 g/mol. The van der Waals surface area contributed by atoms with E-state index in [-0.39, 0.29) is 0 Å². The van der Waals surface area contributed by atoms with Crippen LogP contribution in [-0.4, -0.2) is 16.0 Å². The van der Waals surface area contributed by atoms with Crippen molar-refractivity contribution in [2.45, 2.75) is 6.43 Å². The van der Waals surface area contributed by atoms with E-state index in [1.54, 1.807) is 0 Å². The number of alkyl halides is 2. The van der Waals surface area contributed by atoms with Crippen molar-refractivity contribution in [1.82, 2.24) is 0 Å². The molecule has 1 aromatic rings. The highest BCUT2D eigenvalue weighted by Gasteiger charge is 2.26. The highest BCUT2D eigenvalue weighted by molar-refractivity contribution is 5.88. The van der Waals surface area contributed by atoms with E-state index in [4.69, 9.17) is 5.11 Å². The number of halogens is 3. The molecule has 0 fully saturated rings. The normalized spacial score (nSPS) is 10.5. The van der Waals surface area contributed by atoms with E-state index in [0.29, 0.717) is 12.1 Å². The molecule has 0 aliphatic heterocycles. The number of nitro benzene ring substituents is 1. The molecule has 0 atom stereocenters. The second-order valence-corrected chi connectivity index (χ2v) is 2.76. The molecule has 0 aliphatic rings. The lowest BCUT2D eigenvalue weighted by Crippen LogP contribution is -2.04. The second kappa shape index (κ2) is 4.17. The van der Waals surface area contributed by atoms with Crippen LogP contribution in [-0.2, 0) is 0 Å². The van der Waals surface area contributed by atoms with Gasteiger partial charge in [-0.3, -0.25) is 10.1 Å². The molecule has 0 heterocycles. The fraction of sp³-hybridized carbons (Fsp3) is 0.125. The molecule has 1 N–H and O–H groups in total. The van der Waals surface area contributed by atoms with Crippen molar-refractivity contribution in [2.24, 2.45) is 0 Å². The van der Waals surface area contributed by atoms with E-state index in [1.807, 2.05) is 0 Å². The van der Waals surface area contributed by atoms with Crippen LogP contribution in [0.15, 0.2) is 12.1 Å². The molecule has 86 valence electrons. The van der Waals surface area contributed by atoms with Gasteiger partial charge in [0.2, 0.25) is 5.82 Å². The minimum atomic E-state index is -3.32. The number of carboxylic acid groups (broad SMARTS) is 1. The first kappa shape index (κ1) is 12.0. The average Bonchev–Trinajstić information content (AvgIpc) is 2.16. The summed E-state index contributed by atoms with van der Waals surface area (Å²) >= 11 is 0. The van der Waals surface area contributed by atoms with E-state index in [9.17, 15) is 28.1 Å². The molecule has 0 aromatic heterocycles. The molecule has 0 radical (unpaired) electrons. The molecule has 0 aliphatic carbocycles. The SMILES string of the molecule is O=C(O)c1cc(C(F)F)c(F)c([N+](=O)[O-])c1. The Morgan fingerprint density at radius 1 is 1.44 bits per heavy atom.